The zero-order valence-corrected chi connectivity index (χ0v) is 12.4. The molecule has 1 aromatic rings. The first kappa shape index (κ1) is 14.5. The Labute approximate surface area is 116 Å². The average molecular weight is 282 g/mol. The van der Waals surface area contributed by atoms with Gasteiger partial charge < -0.3 is 0 Å². The molecule has 0 spiro atoms. The third kappa shape index (κ3) is 4.05. The highest BCUT2D eigenvalue weighted by Crippen LogP contribution is 2.29. The van der Waals surface area contributed by atoms with Gasteiger partial charge in [-0.05, 0) is 43.7 Å². The van der Waals surface area contributed by atoms with Crippen molar-refractivity contribution in [3.05, 3.63) is 29.8 Å². The van der Waals surface area contributed by atoms with Gasteiger partial charge in [0.25, 0.3) is 10.1 Å². The standard InChI is InChI=1S/C15H22O3S/c1-12-3-7-14(8-4-12)11-18-19(16,17)15-9-5-13(2)6-10-15/h5-6,9-10,12,14H,3-4,7-8,11H2,1-2H3/t12-,14+. The molecule has 4 heteroatoms. The van der Waals surface area contributed by atoms with Gasteiger partial charge in [-0.15, -0.1) is 0 Å². The Morgan fingerprint density at radius 2 is 1.68 bits per heavy atom. The minimum absolute atomic E-state index is 0.252. The van der Waals surface area contributed by atoms with Crippen LogP contribution in [0.4, 0.5) is 0 Å². The van der Waals surface area contributed by atoms with E-state index < -0.39 is 10.1 Å². The van der Waals surface area contributed by atoms with Crippen molar-refractivity contribution in [2.24, 2.45) is 11.8 Å². The molecular formula is C15H22O3S. The number of benzene rings is 1. The van der Waals surface area contributed by atoms with Gasteiger partial charge in [0.1, 0.15) is 0 Å². The van der Waals surface area contributed by atoms with E-state index in [1.807, 2.05) is 6.92 Å². The number of aryl methyl sites for hydroxylation is 1. The second-order valence-corrected chi connectivity index (χ2v) is 7.29. The van der Waals surface area contributed by atoms with Gasteiger partial charge in [0, 0.05) is 0 Å². The fourth-order valence-corrected chi connectivity index (χ4v) is 3.43. The fourth-order valence-electron chi connectivity index (χ4n) is 2.45. The van der Waals surface area contributed by atoms with E-state index in [-0.39, 0.29) is 4.90 Å². The first-order chi connectivity index (χ1) is 8.97. The second kappa shape index (κ2) is 6.06. The quantitative estimate of drug-likeness (QED) is 0.793. The molecule has 2 rings (SSSR count). The summed E-state index contributed by atoms with van der Waals surface area (Å²) in [5.41, 5.74) is 1.04. The minimum Gasteiger partial charge on any atom is -0.266 e. The molecule has 1 saturated carbocycles. The molecule has 0 atom stereocenters. The molecular weight excluding hydrogens is 260 g/mol. The molecule has 0 N–H and O–H groups in total. The molecule has 0 radical (unpaired) electrons. The van der Waals surface area contributed by atoms with E-state index in [1.54, 1.807) is 24.3 Å². The highest BCUT2D eigenvalue weighted by Gasteiger charge is 2.22. The number of rotatable bonds is 4. The molecule has 0 saturated heterocycles. The van der Waals surface area contributed by atoms with Crippen LogP contribution in [0.25, 0.3) is 0 Å². The monoisotopic (exact) mass is 282 g/mol. The van der Waals surface area contributed by atoms with Crippen LogP contribution < -0.4 is 0 Å². The fraction of sp³-hybridized carbons (Fsp3) is 0.600. The van der Waals surface area contributed by atoms with Gasteiger partial charge in [-0.25, -0.2) is 0 Å². The normalized spacial score (nSPS) is 24.3. The van der Waals surface area contributed by atoms with Crippen LogP contribution >= 0.6 is 0 Å². The number of hydrogen-bond donors (Lipinski definition) is 0. The highest BCUT2D eigenvalue weighted by molar-refractivity contribution is 7.86. The van der Waals surface area contributed by atoms with Crippen LogP contribution in [0.2, 0.25) is 0 Å². The van der Waals surface area contributed by atoms with Gasteiger partial charge in [0.2, 0.25) is 0 Å². The summed E-state index contributed by atoms with van der Waals surface area (Å²) in [6.45, 7) is 4.50. The Balaban J connectivity index is 1.92. The van der Waals surface area contributed by atoms with E-state index in [0.717, 1.165) is 24.3 Å². The van der Waals surface area contributed by atoms with Crippen molar-refractivity contribution >= 4 is 10.1 Å². The van der Waals surface area contributed by atoms with E-state index in [4.69, 9.17) is 4.18 Å². The molecule has 0 amide bonds. The maximum Gasteiger partial charge on any atom is 0.296 e. The summed E-state index contributed by atoms with van der Waals surface area (Å²) >= 11 is 0. The van der Waals surface area contributed by atoms with Crippen LogP contribution in [0.15, 0.2) is 29.2 Å². The molecule has 1 aromatic carbocycles. The Morgan fingerprint density at radius 3 is 2.26 bits per heavy atom. The van der Waals surface area contributed by atoms with Gasteiger partial charge >= 0.3 is 0 Å². The lowest BCUT2D eigenvalue weighted by Gasteiger charge is -2.25. The van der Waals surface area contributed by atoms with Gasteiger partial charge in [-0.2, -0.15) is 8.42 Å². The maximum atomic E-state index is 12.0. The lowest BCUT2D eigenvalue weighted by Crippen LogP contribution is -2.19. The predicted molar refractivity (Wildman–Crippen MR) is 75.4 cm³/mol. The Hall–Kier alpha value is -0.870. The summed E-state index contributed by atoms with van der Waals surface area (Å²) in [7, 11) is -3.59. The first-order valence-electron chi connectivity index (χ1n) is 6.93. The van der Waals surface area contributed by atoms with Crippen molar-refractivity contribution in [1.82, 2.24) is 0 Å². The summed E-state index contributed by atoms with van der Waals surface area (Å²) in [6, 6.07) is 6.79. The van der Waals surface area contributed by atoms with Crippen LogP contribution in [-0.2, 0) is 14.3 Å². The van der Waals surface area contributed by atoms with Crippen LogP contribution in [-0.4, -0.2) is 15.0 Å². The van der Waals surface area contributed by atoms with Gasteiger partial charge in [0.15, 0.2) is 0 Å². The SMILES string of the molecule is Cc1ccc(S(=O)(=O)OC[C@H]2CC[C@@H](C)CC2)cc1. The highest BCUT2D eigenvalue weighted by atomic mass is 32.2. The van der Waals surface area contributed by atoms with Gasteiger partial charge in [-0.3, -0.25) is 4.18 Å². The van der Waals surface area contributed by atoms with E-state index in [9.17, 15) is 8.42 Å². The van der Waals surface area contributed by atoms with E-state index in [2.05, 4.69) is 6.92 Å². The molecule has 1 aliphatic carbocycles. The molecule has 106 valence electrons. The second-order valence-electron chi connectivity index (χ2n) is 5.68. The zero-order chi connectivity index (χ0) is 13.9. The Kier molecular flexibility index (Phi) is 4.63. The molecule has 3 nitrogen and oxygen atoms in total. The molecule has 0 heterocycles. The van der Waals surface area contributed by atoms with E-state index in [0.29, 0.717) is 12.5 Å². The zero-order valence-electron chi connectivity index (χ0n) is 11.6. The smallest absolute Gasteiger partial charge is 0.266 e. The number of hydrogen-bond acceptors (Lipinski definition) is 3. The van der Waals surface area contributed by atoms with Crippen LogP contribution in [0.3, 0.4) is 0 Å². The van der Waals surface area contributed by atoms with Crippen LogP contribution in [0.1, 0.15) is 38.2 Å². The third-order valence-electron chi connectivity index (χ3n) is 3.90. The van der Waals surface area contributed by atoms with Gasteiger partial charge in [0.05, 0.1) is 11.5 Å². The summed E-state index contributed by atoms with van der Waals surface area (Å²) in [5, 5.41) is 0. The van der Waals surface area contributed by atoms with E-state index >= 15 is 0 Å². The first-order valence-corrected chi connectivity index (χ1v) is 8.34. The lowest BCUT2D eigenvalue weighted by molar-refractivity contribution is 0.192. The van der Waals surface area contributed by atoms with Crippen molar-refractivity contribution < 1.29 is 12.6 Å². The minimum atomic E-state index is -3.59. The summed E-state index contributed by atoms with van der Waals surface area (Å²) < 4.78 is 29.3. The summed E-state index contributed by atoms with van der Waals surface area (Å²) in [4.78, 5) is 0.252. The summed E-state index contributed by atoms with van der Waals surface area (Å²) in [5.74, 6) is 1.15. The largest absolute Gasteiger partial charge is 0.296 e. The molecule has 0 unspecified atom stereocenters. The predicted octanol–water partition coefficient (Wildman–Crippen LogP) is 3.53. The van der Waals surface area contributed by atoms with Crippen molar-refractivity contribution in [3.63, 3.8) is 0 Å². The molecule has 1 fully saturated rings. The summed E-state index contributed by atoms with van der Waals surface area (Å²) in [6.07, 6.45) is 4.51. The average Bonchev–Trinajstić information content (AvgIpc) is 2.39. The van der Waals surface area contributed by atoms with Crippen molar-refractivity contribution in [1.29, 1.82) is 0 Å². The lowest BCUT2D eigenvalue weighted by atomic mass is 9.83. The van der Waals surface area contributed by atoms with Crippen LogP contribution in [0.5, 0.6) is 0 Å². The molecule has 0 aromatic heterocycles. The maximum absolute atomic E-state index is 12.0. The Morgan fingerprint density at radius 1 is 1.11 bits per heavy atom. The molecule has 19 heavy (non-hydrogen) atoms. The van der Waals surface area contributed by atoms with Crippen molar-refractivity contribution in [3.8, 4) is 0 Å². The molecule has 0 bridgehead atoms. The topological polar surface area (TPSA) is 43.4 Å². The van der Waals surface area contributed by atoms with Crippen molar-refractivity contribution in [2.75, 3.05) is 6.61 Å². The molecule has 1 aliphatic rings. The van der Waals surface area contributed by atoms with Crippen LogP contribution in [0, 0.1) is 18.8 Å². The van der Waals surface area contributed by atoms with Crippen molar-refractivity contribution in [2.45, 2.75) is 44.4 Å². The Bertz CT molecular complexity index is 497. The van der Waals surface area contributed by atoms with E-state index in [1.165, 1.54) is 12.8 Å². The van der Waals surface area contributed by atoms with Gasteiger partial charge in [-0.1, -0.05) is 37.5 Å². The molecule has 0 aliphatic heterocycles. The third-order valence-corrected chi connectivity index (χ3v) is 5.20.